The summed E-state index contributed by atoms with van der Waals surface area (Å²) in [5.41, 5.74) is 0.929. The summed E-state index contributed by atoms with van der Waals surface area (Å²) in [6, 6.07) is 2.01. The molecule has 2 fully saturated rings. The molecule has 1 atom stereocenters. The number of anilines is 2. The summed E-state index contributed by atoms with van der Waals surface area (Å²) < 4.78 is 23.4. The summed E-state index contributed by atoms with van der Waals surface area (Å²) in [6.07, 6.45) is 4.35. The average molecular weight is 324 g/mol. The number of hydrogen-bond donors (Lipinski definition) is 0. The van der Waals surface area contributed by atoms with E-state index in [2.05, 4.69) is 9.88 Å². The Morgan fingerprint density at radius 1 is 1.23 bits per heavy atom. The van der Waals surface area contributed by atoms with E-state index in [0.29, 0.717) is 12.4 Å². The highest BCUT2D eigenvalue weighted by molar-refractivity contribution is 7.91. The van der Waals surface area contributed by atoms with Gasteiger partial charge in [0.05, 0.1) is 11.5 Å². The summed E-state index contributed by atoms with van der Waals surface area (Å²) in [5, 5.41) is 0. The van der Waals surface area contributed by atoms with Gasteiger partial charge >= 0.3 is 0 Å². The molecular formula is C15H24N4O2S. The minimum atomic E-state index is -2.90. The van der Waals surface area contributed by atoms with Crippen LogP contribution in [0.3, 0.4) is 0 Å². The summed E-state index contributed by atoms with van der Waals surface area (Å²) in [6.45, 7) is 4.05. The van der Waals surface area contributed by atoms with Gasteiger partial charge in [0.25, 0.3) is 0 Å². The van der Waals surface area contributed by atoms with Gasteiger partial charge in [-0.25, -0.2) is 13.4 Å². The fraction of sp³-hybridized carbons (Fsp3) is 0.733. The normalized spacial score (nSPS) is 24.5. The fourth-order valence-electron chi connectivity index (χ4n) is 3.22. The third kappa shape index (κ3) is 3.34. The molecule has 7 heteroatoms. The maximum absolute atomic E-state index is 11.7. The van der Waals surface area contributed by atoms with E-state index in [4.69, 9.17) is 4.98 Å². The Hall–Kier alpha value is -1.37. The van der Waals surface area contributed by atoms with E-state index in [1.165, 1.54) is 19.3 Å². The van der Waals surface area contributed by atoms with Crippen molar-refractivity contribution in [3.05, 3.63) is 11.8 Å². The number of sulfone groups is 1. The Labute approximate surface area is 132 Å². The lowest BCUT2D eigenvalue weighted by molar-refractivity contribution is 0.572. The Morgan fingerprint density at radius 3 is 2.59 bits per heavy atom. The molecule has 0 radical (unpaired) electrons. The third-order valence-corrected chi connectivity index (χ3v) is 6.33. The number of piperidine rings is 1. The van der Waals surface area contributed by atoms with Gasteiger partial charge in [-0.2, -0.15) is 4.98 Å². The maximum atomic E-state index is 11.7. The third-order valence-electron chi connectivity index (χ3n) is 4.58. The molecule has 1 aromatic rings. The average Bonchev–Trinajstić information content (AvgIpc) is 2.87. The molecule has 3 heterocycles. The van der Waals surface area contributed by atoms with Crippen molar-refractivity contribution >= 4 is 21.6 Å². The maximum Gasteiger partial charge on any atom is 0.227 e. The number of hydrogen-bond acceptors (Lipinski definition) is 6. The van der Waals surface area contributed by atoms with Crippen LogP contribution < -0.4 is 9.80 Å². The van der Waals surface area contributed by atoms with E-state index in [0.717, 1.165) is 24.6 Å². The SMILES string of the molecule is Cc1cc(N2CCCCC2)nc(N(C)C2CCS(=O)(=O)C2)n1. The fourth-order valence-corrected chi connectivity index (χ4v) is 5.00. The second-order valence-corrected chi connectivity index (χ2v) is 8.61. The van der Waals surface area contributed by atoms with E-state index in [1.54, 1.807) is 0 Å². The molecular weight excluding hydrogens is 300 g/mol. The van der Waals surface area contributed by atoms with Crippen molar-refractivity contribution < 1.29 is 8.42 Å². The molecule has 3 rings (SSSR count). The second-order valence-electron chi connectivity index (χ2n) is 6.38. The van der Waals surface area contributed by atoms with Gasteiger partial charge in [-0.1, -0.05) is 0 Å². The van der Waals surface area contributed by atoms with Crippen LogP contribution in [0.15, 0.2) is 6.07 Å². The van der Waals surface area contributed by atoms with Crippen LogP contribution in [0.2, 0.25) is 0 Å². The summed E-state index contributed by atoms with van der Waals surface area (Å²) in [5.74, 6) is 2.09. The van der Waals surface area contributed by atoms with Crippen LogP contribution in [0.25, 0.3) is 0 Å². The Bertz CT molecular complexity index is 641. The first kappa shape index (κ1) is 15.5. The highest BCUT2D eigenvalue weighted by atomic mass is 32.2. The van der Waals surface area contributed by atoms with Crippen LogP contribution in [-0.4, -0.2) is 56.1 Å². The number of aryl methyl sites for hydroxylation is 1. The van der Waals surface area contributed by atoms with Crippen molar-refractivity contribution in [2.24, 2.45) is 0 Å². The van der Waals surface area contributed by atoms with Crippen molar-refractivity contribution in [1.29, 1.82) is 0 Å². The lowest BCUT2D eigenvalue weighted by Crippen LogP contribution is -2.35. The molecule has 1 aromatic heterocycles. The van der Waals surface area contributed by atoms with Gasteiger partial charge in [-0.05, 0) is 32.6 Å². The van der Waals surface area contributed by atoms with E-state index in [-0.39, 0.29) is 17.5 Å². The standard InChI is InChI=1S/C15H24N4O2S/c1-12-10-14(19-7-4-3-5-8-19)17-15(16-12)18(2)13-6-9-22(20,21)11-13/h10,13H,3-9,11H2,1-2H3. The second kappa shape index (κ2) is 6.02. The lowest BCUT2D eigenvalue weighted by atomic mass is 10.1. The Balaban J connectivity index is 1.82. The van der Waals surface area contributed by atoms with Crippen molar-refractivity contribution in [2.45, 2.75) is 38.6 Å². The van der Waals surface area contributed by atoms with Crippen LogP contribution in [-0.2, 0) is 9.84 Å². The zero-order valence-corrected chi connectivity index (χ0v) is 14.1. The van der Waals surface area contributed by atoms with Crippen molar-refractivity contribution in [2.75, 3.05) is 41.4 Å². The minimum absolute atomic E-state index is 0.0130. The molecule has 0 aromatic carbocycles. The van der Waals surface area contributed by atoms with Gasteiger partial charge in [0.1, 0.15) is 5.82 Å². The molecule has 0 bridgehead atoms. The number of rotatable bonds is 3. The molecule has 22 heavy (non-hydrogen) atoms. The van der Waals surface area contributed by atoms with E-state index in [9.17, 15) is 8.42 Å². The van der Waals surface area contributed by atoms with Gasteiger partial charge < -0.3 is 9.80 Å². The van der Waals surface area contributed by atoms with Crippen molar-refractivity contribution in [3.63, 3.8) is 0 Å². The molecule has 122 valence electrons. The predicted octanol–water partition coefficient (Wildman–Crippen LogP) is 1.40. The van der Waals surface area contributed by atoms with Gasteiger partial charge in [-0.15, -0.1) is 0 Å². The predicted molar refractivity (Wildman–Crippen MR) is 88.3 cm³/mol. The van der Waals surface area contributed by atoms with Gasteiger partial charge in [0, 0.05) is 37.9 Å². The van der Waals surface area contributed by atoms with Crippen LogP contribution >= 0.6 is 0 Å². The van der Waals surface area contributed by atoms with Crippen LogP contribution in [0.4, 0.5) is 11.8 Å². The highest BCUT2D eigenvalue weighted by Gasteiger charge is 2.32. The zero-order valence-electron chi connectivity index (χ0n) is 13.3. The Kier molecular flexibility index (Phi) is 4.25. The lowest BCUT2D eigenvalue weighted by Gasteiger charge is -2.30. The van der Waals surface area contributed by atoms with Crippen molar-refractivity contribution in [1.82, 2.24) is 9.97 Å². The molecule has 1 unspecified atom stereocenters. The smallest absolute Gasteiger partial charge is 0.227 e. The van der Waals surface area contributed by atoms with E-state index in [1.807, 2.05) is 24.9 Å². The first-order valence-electron chi connectivity index (χ1n) is 7.98. The van der Waals surface area contributed by atoms with Gasteiger partial charge in [0.15, 0.2) is 9.84 Å². The summed E-state index contributed by atoms with van der Waals surface area (Å²) in [7, 11) is -0.994. The molecule has 0 saturated carbocycles. The monoisotopic (exact) mass is 324 g/mol. The molecule has 6 nitrogen and oxygen atoms in total. The zero-order chi connectivity index (χ0) is 15.7. The quantitative estimate of drug-likeness (QED) is 0.837. The molecule has 0 N–H and O–H groups in total. The van der Waals surface area contributed by atoms with E-state index < -0.39 is 9.84 Å². The Morgan fingerprint density at radius 2 is 1.95 bits per heavy atom. The molecule has 2 saturated heterocycles. The number of nitrogens with zero attached hydrogens (tertiary/aromatic N) is 4. The molecule has 2 aliphatic rings. The highest BCUT2D eigenvalue weighted by Crippen LogP contribution is 2.24. The molecule has 2 aliphatic heterocycles. The van der Waals surface area contributed by atoms with E-state index >= 15 is 0 Å². The van der Waals surface area contributed by atoms with Crippen molar-refractivity contribution in [3.8, 4) is 0 Å². The molecule has 0 spiro atoms. The van der Waals surface area contributed by atoms with Crippen LogP contribution in [0.5, 0.6) is 0 Å². The largest absolute Gasteiger partial charge is 0.356 e. The number of aromatic nitrogens is 2. The van der Waals surface area contributed by atoms with Gasteiger partial charge in [-0.3, -0.25) is 0 Å². The summed E-state index contributed by atoms with van der Waals surface area (Å²) in [4.78, 5) is 13.5. The topological polar surface area (TPSA) is 66.4 Å². The summed E-state index contributed by atoms with van der Waals surface area (Å²) >= 11 is 0. The first-order chi connectivity index (χ1) is 10.4. The minimum Gasteiger partial charge on any atom is -0.356 e. The van der Waals surface area contributed by atoms with Gasteiger partial charge in [0.2, 0.25) is 5.95 Å². The van der Waals surface area contributed by atoms with Crippen LogP contribution in [0.1, 0.15) is 31.4 Å². The first-order valence-corrected chi connectivity index (χ1v) is 9.81. The molecule has 0 aliphatic carbocycles. The van der Waals surface area contributed by atoms with Crippen LogP contribution in [0, 0.1) is 6.92 Å². The molecule has 0 amide bonds.